The number of ether oxygens (including phenoxy) is 2. The number of amides is 1. The standard InChI is InChI=1S/C17H15NO6/c19-16(15-7-11(8-22-15)17(20)21)18-5-1-2-12(18)10-3-4-13-14(6-10)24-9-23-13/h3-4,6-8,12H,1-2,5,9H2,(H,20,21). The van der Waals surface area contributed by atoms with Crippen molar-refractivity contribution >= 4 is 11.9 Å². The van der Waals surface area contributed by atoms with E-state index in [-0.39, 0.29) is 30.1 Å². The van der Waals surface area contributed by atoms with Crippen LogP contribution in [0.1, 0.15) is 45.4 Å². The molecule has 3 heterocycles. The van der Waals surface area contributed by atoms with Gasteiger partial charge in [-0.3, -0.25) is 4.79 Å². The Morgan fingerprint density at radius 2 is 2.00 bits per heavy atom. The number of aromatic carboxylic acids is 1. The van der Waals surface area contributed by atoms with Gasteiger partial charge in [-0.1, -0.05) is 6.07 Å². The molecule has 1 saturated heterocycles. The summed E-state index contributed by atoms with van der Waals surface area (Å²) in [4.78, 5) is 25.3. The topological polar surface area (TPSA) is 89.2 Å². The van der Waals surface area contributed by atoms with Gasteiger partial charge in [-0.25, -0.2) is 4.79 Å². The molecular formula is C17H15NO6. The zero-order valence-corrected chi connectivity index (χ0v) is 12.7. The smallest absolute Gasteiger partial charge is 0.338 e. The van der Waals surface area contributed by atoms with Crippen LogP contribution in [0.5, 0.6) is 11.5 Å². The summed E-state index contributed by atoms with van der Waals surface area (Å²) in [5, 5.41) is 8.95. The Hall–Kier alpha value is -2.96. The second-order valence-electron chi connectivity index (χ2n) is 5.77. The molecule has 2 aliphatic heterocycles. The molecule has 0 saturated carbocycles. The van der Waals surface area contributed by atoms with Gasteiger partial charge >= 0.3 is 5.97 Å². The average molecular weight is 329 g/mol. The minimum atomic E-state index is -1.12. The van der Waals surface area contributed by atoms with Gasteiger partial charge < -0.3 is 23.9 Å². The lowest BCUT2D eigenvalue weighted by Gasteiger charge is -2.24. The monoisotopic (exact) mass is 329 g/mol. The summed E-state index contributed by atoms with van der Waals surface area (Å²) >= 11 is 0. The number of carboxylic acids is 1. The van der Waals surface area contributed by atoms with Crippen molar-refractivity contribution in [1.82, 2.24) is 4.90 Å². The Labute approximate surface area is 137 Å². The minimum absolute atomic E-state index is 0.0304. The molecule has 4 rings (SSSR count). The number of carbonyl (C=O) groups excluding carboxylic acids is 1. The number of carboxylic acid groups (broad SMARTS) is 1. The first-order chi connectivity index (χ1) is 11.6. The Bertz CT molecular complexity index is 811. The number of nitrogens with zero attached hydrogens (tertiary/aromatic N) is 1. The maximum absolute atomic E-state index is 12.7. The zero-order valence-electron chi connectivity index (χ0n) is 12.7. The third kappa shape index (κ3) is 2.38. The number of fused-ring (bicyclic) bond motifs is 1. The summed E-state index contributed by atoms with van der Waals surface area (Å²) < 4.78 is 15.9. The number of benzene rings is 1. The first-order valence-corrected chi connectivity index (χ1v) is 7.66. The fourth-order valence-corrected chi connectivity index (χ4v) is 3.18. The van der Waals surface area contributed by atoms with Crippen LogP contribution in [0, 0.1) is 0 Å². The molecule has 1 N–H and O–H groups in total. The van der Waals surface area contributed by atoms with Crippen molar-refractivity contribution in [3.8, 4) is 11.5 Å². The van der Waals surface area contributed by atoms with Crippen molar-refractivity contribution in [3.05, 3.63) is 47.4 Å². The lowest BCUT2D eigenvalue weighted by Crippen LogP contribution is -2.30. The van der Waals surface area contributed by atoms with Gasteiger partial charge in [0.2, 0.25) is 6.79 Å². The van der Waals surface area contributed by atoms with Gasteiger partial charge in [-0.05, 0) is 30.5 Å². The number of hydrogen-bond donors (Lipinski definition) is 1. The molecule has 7 nitrogen and oxygen atoms in total. The molecule has 1 fully saturated rings. The summed E-state index contributed by atoms with van der Waals surface area (Å²) in [5.41, 5.74) is 0.937. The number of rotatable bonds is 3. The highest BCUT2D eigenvalue weighted by atomic mass is 16.7. The molecular weight excluding hydrogens is 314 g/mol. The summed E-state index contributed by atoms with van der Waals surface area (Å²) in [6, 6.07) is 6.83. The fraction of sp³-hybridized carbons (Fsp3) is 0.294. The summed E-state index contributed by atoms with van der Waals surface area (Å²) in [5.74, 6) is -0.000952. The van der Waals surface area contributed by atoms with E-state index in [2.05, 4.69) is 0 Å². The zero-order chi connectivity index (χ0) is 16.7. The highest BCUT2D eigenvalue weighted by Gasteiger charge is 2.33. The summed E-state index contributed by atoms with van der Waals surface area (Å²) in [6.07, 6.45) is 2.79. The number of hydrogen-bond acceptors (Lipinski definition) is 5. The van der Waals surface area contributed by atoms with Crippen LogP contribution in [0.3, 0.4) is 0 Å². The van der Waals surface area contributed by atoms with E-state index in [0.29, 0.717) is 18.0 Å². The number of likely N-dealkylation sites (tertiary alicyclic amines) is 1. The first-order valence-electron chi connectivity index (χ1n) is 7.66. The normalized spacial score (nSPS) is 18.8. The minimum Gasteiger partial charge on any atom is -0.478 e. The molecule has 0 aliphatic carbocycles. The maximum atomic E-state index is 12.7. The summed E-state index contributed by atoms with van der Waals surface area (Å²) in [6.45, 7) is 0.803. The van der Waals surface area contributed by atoms with Crippen LogP contribution < -0.4 is 9.47 Å². The van der Waals surface area contributed by atoms with Gasteiger partial charge in [0.25, 0.3) is 5.91 Å². The van der Waals surface area contributed by atoms with Crippen LogP contribution in [0.15, 0.2) is 34.9 Å². The Morgan fingerprint density at radius 3 is 2.79 bits per heavy atom. The first kappa shape index (κ1) is 14.6. The van der Waals surface area contributed by atoms with Crippen molar-refractivity contribution in [1.29, 1.82) is 0 Å². The molecule has 1 unspecified atom stereocenters. The van der Waals surface area contributed by atoms with Crippen LogP contribution in [0.2, 0.25) is 0 Å². The van der Waals surface area contributed by atoms with Crippen molar-refractivity contribution < 1.29 is 28.6 Å². The SMILES string of the molecule is O=C(O)c1coc(C(=O)N2CCCC2c2ccc3c(c2)OCO3)c1. The van der Waals surface area contributed by atoms with E-state index in [1.54, 1.807) is 4.90 Å². The molecule has 1 atom stereocenters. The van der Waals surface area contributed by atoms with E-state index < -0.39 is 5.97 Å². The number of carbonyl (C=O) groups is 2. The molecule has 1 aromatic carbocycles. The Kier molecular flexibility index (Phi) is 3.41. The molecule has 1 amide bonds. The molecule has 2 aliphatic rings. The van der Waals surface area contributed by atoms with E-state index in [1.165, 1.54) is 6.07 Å². The van der Waals surface area contributed by atoms with Crippen molar-refractivity contribution in [2.45, 2.75) is 18.9 Å². The van der Waals surface area contributed by atoms with E-state index in [4.69, 9.17) is 19.0 Å². The molecule has 2 aromatic rings. The molecule has 24 heavy (non-hydrogen) atoms. The van der Waals surface area contributed by atoms with Gasteiger partial charge in [-0.2, -0.15) is 0 Å². The number of furan rings is 1. The molecule has 0 spiro atoms. The Morgan fingerprint density at radius 1 is 1.17 bits per heavy atom. The van der Waals surface area contributed by atoms with E-state index in [9.17, 15) is 9.59 Å². The average Bonchev–Trinajstić information content (AvgIpc) is 3.31. The predicted octanol–water partition coefficient (Wildman–Crippen LogP) is 2.68. The fourth-order valence-electron chi connectivity index (χ4n) is 3.18. The second kappa shape index (κ2) is 5.59. The lowest BCUT2D eigenvalue weighted by atomic mass is 10.0. The lowest BCUT2D eigenvalue weighted by molar-refractivity contribution is 0.0690. The second-order valence-corrected chi connectivity index (χ2v) is 5.77. The quantitative estimate of drug-likeness (QED) is 0.931. The Balaban J connectivity index is 1.60. The van der Waals surface area contributed by atoms with Crippen LogP contribution in [-0.2, 0) is 0 Å². The van der Waals surface area contributed by atoms with Crippen molar-refractivity contribution in [3.63, 3.8) is 0 Å². The third-order valence-electron chi connectivity index (χ3n) is 4.35. The van der Waals surface area contributed by atoms with E-state index >= 15 is 0 Å². The molecule has 7 heteroatoms. The predicted molar refractivity (Wildman–Crippen MR) is 81.2 cm³/mol. The molecule has 0 radical (unpaired) electrons. The van der Waals surface area contributed by atoms with Crippen LogP contribution in [0.25, 0.3) is 0 Å². The highest BCUT2D eigenvalue weighted by molar-refractivity contribution is 5.95. The maximum Gasteiger partial charge on any atom is 0.338 e. The highest BCUT2D eigenvalue weighted by Crippen LogP contribution is 2.39. The van der Waals surface area contributed by atoms with E-state index in [1.807, 2.05) is 18.2 Å². The van der Waals surface area contributed by atoms with Crippen LogP contribution in [-0.4, -0.2) is 35.2 Å². The van der Waals surface area contributed by atoms with E-state index in [0.717, 1.165) is 24.7 Å². The van der Waals surface area contributed by atoms with Crippen molar-refractivity contribution in [2.75, 3.05) is 13.3 Å². The summed E-state index contributed by atoms with van der Waals surface area (Å²) in [7, 11) is 0. The van der Waals surface area contributed by atoms with Gasteiger partial charge in [-0.15, -0.1) is 0 Å². The van der Waals surface area contributed by atoms with Gasteiger partial charge in [0.1, 0.15) is 6.26 Å². The van der Waals surface area contributed by atoms with Gasteiger partial charge in [0.05, 0.1) is 11.6 Å². The molecule has 124 valence electrons. The molecule has 0 bridgehead atoms. The van der Waals surface area contributed by atoms with Crippen LogP contribution >= 0.6 is 0 Å². The van der Waals surface area contributed by atoms with Crippen LogP contribution in [0.4, 0.5) is 0 Å². The van der Waals surface area contributed by atoms with Crippen molar-refractivity contribution in [2.24, 2.45) is 0 Å². The van der Waals surface area contributed by atoms with Gasteiger partial charge in [0.15, 0.2) is 17.3 Å². The molecule has 1 aromatic heterocycles. The third-order valence-corrected chi connectivity index (χ3v) is 4.35. The van der Waals surface area contributed by atoms with Gasteiger partial charge in [0, 0.05) is 12.6 Å². The largest absolute Gasteiger partial charge is 0.478 e.